The van der Waals surface area contributed by atoms with Gasteiger partial charge in [0.15, 0.2) is 8.07 Å². The summed E-state index contributed by atoms with van der Waals surface area (Å²) in [6.45, 7) is 11.7. The summed E-state index contributed by atoms with van der Waals surface area (Å²) in [7, 11) is -2.29. The molecule has 0 saturated heterocycles. The predicted molar refractivity (Wildman–Crippen MR) is 178 cm³/mol. The van der Waals surface area contributed by atoms with Crippen molar-refractivity contribution >= 4 is 55.1 Å². The highest BCUT2D eigenvalue weighted by Crippen LogP contribution is 2.38. The van der Waals surface area contributed by atoms with Gasteiger partial charge < -0.3 is 0 Å². The highest BCUT2D eigenvalue weighted by atomic mass is 32.1. The van der Waals surface area contributed by atoms with E-state index in [1.165, 1.54) is 52.9 Å². The Kier molecular flexibility index (Phi) is 6.98. The Morgan fingerprint density at radius 1 is 0.725 bits per heavy atom. The number of rotatable bonds is 6. The summed E-state index contributed by atoms with van der Waals surface area (Å²) in [5.41, 5.74) is 3.70. The Morgan fingerprint density at radius 2 is 1.35 bits per heavy atom. The molecule has 0 aliphatic heterocycles. The molecule has 0 fully saturated rings. The molecule has 0 saturated carbocycles. The van der Waals surface area contributed by atoms with E-state index in [9.17, 15) is 0 Å². The van der Waals surface area contributed by atoms with Crippen molar-refractivity contribution in [1.82, 2.24) is 4.98 Å². The first kappa shape index (κ1) is 26.7. The van der Waals surface area contributed by atoms with Crippen LogP contribution in [0, 0.1) is 5.92 Å². The fraction of sp³-hybridized carbons (Fsp3) is 0.216. The molecule has 40 heavy (non-hydrogen) atoms. The molecule has 0 spiro atoms. The quantitative estimate of drug-likeness (QED) is 0.188. The van der Waals surface area contributed by atoms with E-state index in [0.29, 0.717) is 5.92 Å². The minimum Gasteiger partial charge on any atom is -0.255 e. The Morgan fingerprint density at radius 3 is 1.98 bits per heavy atom. The van der Waals surface area contributed by atoms with Crippen LogP contribution in [0.25, 0.3) is 32.1 Å². The summed E-state index contributed by atoms with van der Waals surface area (Å²) in [6.07, 6.45) is 2.00. The molecule has 0 bridgehead atoms. The smallest absolute Gasteiger partial charge is 0.160 e. The normalized spacial score (nSPS) is 12.4. The monoisotopic (exact) mass is 555 g/mol. The summed E-state index contributed by atoms with van der Waals surface area (Å²) >= 11 is 1.98. The number of hydrogen-bond donors (Lipinski definition) is 0. The minimum atomic E-state index is -2.29. The van der Waals surface area contributed by atoms with Gasteiger partial charge in [-0.1, -0.05) is 120 Å². The van der Waals surface area contributed by atoms with E-state index in [1.807, 2.05) is 17.5 Å². The van der Waals surface area contributed by atoms with Crippen LogP contribution in [0.5, 0.6) is 0 Å². The second-order valence-corrected chi connectivity index (χ2v) is 17.7. The van der Waals surface area contributed by atoms with Gasteiger partial charge in [0.2, 0.25) is 0 Å². The van der Waals surface area contributed by atoms with Crippen molar-refractivity contribution in [2.45, 2.75) is 46.1 Å². The van der Waals surface area contributed by atoms with Crippen LogP contribution in [0.15, 0.2) is 115 Å². The zero-order chi connectivity index (χ0) is 27.9. The van der Waals surface area contributed by atoms with Crippen molar-refractivity contribution in [2.24, 2.45) is 5.92 Å². The maximum Gasteiger partial charge on any atom is 0.160 e. The molecule has 6 rings (SSSR count). The Bertz CT molecular complexity index is 1740. The zero-order valence-corrected chi connectivity index (χ0v) is 25.9. The maximum absolute atomic E-state index is 5.03. The largest absolute Gasteiger partial charge is 0.255 e. The number of nitrogens with zero attached hydrogens (tertiary/aromatic N) is 1. The molecule has 3 heteroatoms. The van der Waals surface area contributed by atoms with Crippen LogP contribution >= 0.6 is 11.3 Å². The van der Waals surface area contributed by atoms with E-state index in [1.54, 1.807) is 0 Å². The SMILES string of the molecule is CC(C)C[Si](c1ccccc1)(c1ccccc1)c1cc2ccnc(-c3cc(C(C)(C)C)c4ccccc4c3)c2s1. The number of fused-ring (bicyclic) bond motifs is 2. The number of aromatic nitrogens is 1. The van der Waals surface area contributed by atoms with Gasteiger partial charge in [-0.25, -0.2) is 0 Å². The third-order valence-corrected chi connectivity index (χ3v) is 15.4. The number of benzene rings is 4. The first-order chi connectivity index (χ1) is 19.3. The third-order valence-electron chi connectivity index (χ3n) is 8.05. The van der Waals surface area contributed by atoms with Crippen molar-refractivity contribution in [3.05, 3.63) is 121 Å². The lowest BCUT2D eigenvalue weighted by Gasteiger charge is -2.33. The number of hydrogen-bond acceptors (Lipinski definition) is 2. The molecule has 0 atom stereocenters. The van der Waals surface area contributed by atoms with Gasteiger partial charge in [-0.05, 0) is 73.7 Å². The molecule has 0 amide bonds. The van der Waals surface area contributed by atoms with Gasteiger partial charge in [-0.15, -0.1) is 11.3 Å². The summed E-state index contributed by atoms with van der Waals surface area (Å²) in [6, 6.07) is 41.9. The molecule has 0 unspecified atom stereocenters. The molecule has 0 aliphatic rings. The molecule has 2 heterocycles. The fourth-order valence-electron chi connectivity index (χ4n) is 6.29. The summed E-state index contributed by atoms with van der Waals surface area (Å²) in [5, 5.41) is 6.86. The van der Waals surface area contributed by atoms with Crippen LogP contribution in [0.4, 0.5) is 0 Å². The fourth-order valence-corrected chi connectivity index (χ4v) is 13.9. The highest BCUT2D eigenvalue weighted by molar-refractivity contribution is 7.36. The van der Waals surface area contributed by atoms with Gasteiger partial charge in [-0.2, -0.15) is 0 Å². The molecule has 2 aromatic heterocycles. The van der Waals surface area contributed by atoms with Gasteiger partial charge in [0.25, 0.3) is 0 Å². The molecular formula is C37H37NSSi. The second-order valence-electron chi connectivity index (χ2n) is 12.4. The van der Waals surface area contributed by atoms with Crippen LogP contribution < -0.4 is 14.9 Å². The zero-order valence-electron chi connectivity index (χ0n) is 24.1. The van der Waals surface area contributed by atoms with Crippen LogP contribution in [0.2, 0.25) is 6.04 Å². The average Bonchev–Trinajstić information content (AvgIpc) is 3.40. The van der Waals surface area contributed by atoms with Crippen molar-refractivity contribution < 1.29 is 0 Å². The Hall–Kier alpha value is -3.53. The van der Waals surface area contributed by atoms with E-state index >= 15 is 0 Å². The predicted octanol–water partition coefficient (Wildman–Crippen LogP) is 8.54. The van der Waals surface area contributed by atoms with Gasteiger partial charge in [0, 0.05) is 16.3 Å². The molecule has 0 N–H and O–H groups in total. The standard InChI is InChI=1S/C37H37NSSi/c1-26(2)25-40(30-15-8-6-9-16-30,31-17-10-7-11-18-31)34-24-28-20-21-38-35(36(28)39-34)29-22-27-14-12-13-19-32(27)33(23-29)37(3,4)5/h6-24,26H,25H2,1-5H3. The van der Waals surface area contributed by atoms with Gasteiger partial charge >= 0.3 is 0 Å². The lowest BCUT2D eigenvalue weighted by molar-refractivity contribution is 0.596. The molecule has 0 aliphatic carbocycles. The molecule has 200 valence electrons. The van der Waals surface area contributed by atoms with Gasteiger partial charge in [0.1, 0.15) is 0 Å². The summed E-state index contributed by atoms with van der Waals surface area (Å²) in [4.78, 5) is 5.03. The van der Waals surface area contributed by atoms with Crippen LogP contribution in [0.1, 0.15) is 40.2 Å². The molecule has 1 nitrogen and oxygen atoms in total. The molecule has 0 radical (unpaired) electrons. The van der Waals surface area contributed by atoms with Crippen molar-refractivity contribution in [1.29, 1.82) is 0 Å². The van der Waals surface area contributed by atoms with Crippen molar-refractivity contribution in [2.75, 3.05) is 0 Å². The third kappa shape index (κ3) is 4.72. The summed E-state index contributed by atoms with van der Waals surface area (Å²) in [5.74, 6) is 0.574. The lowest BCUT2D eigenvalue weighted by atomic mass is 9.82. The van der Waals surface area contributed by atoms with Crippen LogP contribution in [-0.4, -0.2) is 13.1 Å². The maximum atomic E-state index is 5.03. The van der Waals surface area contributed by atoms with Gasteiger partial charge in [-0.3, -0.25) is 4.98 Å². The summed E-state index contributed by atoms with van der Waals surface area (Å²) < 4.78 is 2.81. The van der Waals surface area contributed by atoms with Crippen molar-refractivity contribution in [3.63, 3.8) is 0 Å². The van der Waals surface area contributed by atoms with E-state index in [4.69, 9.17) is 4.98 Å². The second kappa shape index (κ2) is 10.5. The van der Waals surface area contributed by atoms with Crippen molar-refractivity contribution in [3.8, 4) is 11.3 Å². The number of pyridine rings is 1. The van der Waals surface area contributed by atoms with E-state index in [2.05, 4.69) is 144 Å². The first-order valence-electron chi connectivity index (χ1n) is 14.3. The van der Waals surface area contributed by atoms with Gasteiger partial charge in [0.05, 0.1) is 10.4 Å². The molecule has 4 aromatic carbocycles. The first-order valence-corrected chi connectivity index (χ1v) is 17.3. The van der Waals surface area contributed by atoms with Crippen LogP contribution in [-0.2, 0) is 5.41 Å². The Balaban J connectivity index is 1.63. The van der Waals surface area contributed by atoms with E-state index in [0.717, 1.165) is 5.69 Å². The topological polar surface area (TPSA) is 12.9 Å². The highest BCUT2D eigenvalue weighted by Gasteiger charge is 2.41. The van der Waals surface area contributed by atoms with E-state index in [-0.39, 0.29) is 5.41 Å². The number of thiophene rings is 1. The van der Waals surface area contributed by atoms with Crippen LogP contribution in [0.3, 0.4) is 0 Å². The molecular weight excluding hydrogens is 519 g/mol. The minimum absolute atomic E-state index is 0.0318. The Labute approximate surface area is 243 Å². The van der Waals surface area contributed by atoms with E-state index < -0.39 is 8.07 Å². The lowest BCUT2D eigenvalue weighted by Crippen LogP contribution is -2.66. The average molecular weight is 556 g/mol. The molecule has 6 aromatic rings.